The fourth-order valence-electron chi connectivity index (χ4n) is 2.58. The van der Waals surface area contributed by atoms with Crippen LogP contribution in [-0.4, -0.2) is 17.1 Å². The van der Waals surface area contributed by atoms with Gasteiger partial charge in [-0.25, -0.2) is 4.99 Å². The molecule has 130 valence electrons. The van der Waals surface area contributed by atoms with E-state index < -0.39 is 11.3 Å². The number of benzene rings is 2. The molecule has 0 saturated carbocycles. The highest BCUT2D eigenvalue weighted by Gasteiger charge is 2.28. The Bertz CT molecular complexity index is 936. The Balaban J connectivity index is 1.90. The van der Waals surface area contributed by atoms with Crippen LogP contribution in [0.4, 0.5) is 5.69 Å². The van der Waals surface area contributed by atoms with Crippen molar-refractivity contribution in [1.82, 2.24) is 5.32 Å². The lowest BCUT2D eigenvalue weighted by molar-refractivity contribution is -0.119. The molecule has 1 N–H and O–H groups in total. The van der Waals surface area contributed by atoms with E-state index >= 15 is 0 Å². The normalized spacial score (nSPS) is 18.1. The standard InChI is InChI=1S/C20H16ClN3O2/c1-12-7-13(2)9-16(8-12)26-17-10-18(24-20(25)19(17)21)23-15-5-3-14(11-22)4-6-15/h3-10,19H,1-2H3,(H,23,24,25). The number of halogens is 1. The first-order valence-electron chi connectivity index (χ1n) is 7.96. The zero-order valence-corrected chi connectivity index (χ0v) is 15.0. The van der Waals surface area contributed by atoms with Crippen molar-refractivity contribution in [1.29, 1.82) is 5.26 Å². The predicted octanol–water partition coefficient (Wildman–Crippen LogP) is 3.91. The Kier molecular flexibility index (Phi) is 5.06. The smallest absolute Gasteiger partial charge is 0.251 e. The molecule has 1 unspecified atom stereocenters. The second kappa shape index (κ2) is 7.42. The summed E-state index contributed by atoms with van der Waals surface area (Å²) in [6.45, 7) is 3.94. The van der Waals surface area contributed by atoms with E-state index in [0.29, 0.717) is 28.6 Å². The number of carbonyl (C=O) groups is 1. The van der Waals surface area contributed by atoms with E-state index in [1.165, 1.54) is 0 Å². The van der Waals surface area contributed by atoms with Crippen LogP contribution in [0.2, 0.25) is 0 Å². The number of aliphatic imine (C=N–C) groups is 1. The Morgan fingerprint density at radius 1 is 1.15 bits per heavy atom. The van der Waals surface area contributed by atoms with Gasteiger partial charge in [0, 0.05) is 6.08 Å². The van der Waals surface area contributed by atoms with Gasteiger partial charge in [-0.3, -0.25) is 4.79 Å². The fraction of sp³-hybridized carbons (Fsp3) is 0.150. The molecule has 26 heavy (non-hydrogen) atoms. The molecule has 1 aliphatic heterocycles. The highest BCUT2D eigenvalue weighted by molar-refractivity contribution is 6.35. The van der Waals surface area contributed by atoms with Gasteiger partial charge in [-0.1, -0.05) is 6.07 Å². The monoisotopic (exact) mass is 365 g/mol. The Hall–Kier alpha value is -3.10. The second-order valence-corrected chi connectivity index (χ2v) is 6.42. The van der Waals surface area contributed by atoms with E-state index in [9.17, 15) is 4.79 Å². The molecule has 0 spiro atoms. The van der Waals surface area contributed by atoms with Crippen LogP contribution in [0.3, 0.4) is 0 Å². The molecule has 2 aromatic carbocycles. The number of ether oxygens (including phenoxy) is 1. The van der Waals surface area contributed by atoms with Crippen LogP contribution < -0.4 is 10.1 Å². The Labute approximate surface area is 156 Å². The van der Waals surface area contributed by atoms with Crippen molar-refractivity contribution < 1.29 is 9.53 Å². The number of amides is 1. The number of nitriles is 1. The molecule has 0 aliphatic carbocycles. The molecule has 1 atom stereocenters. The van der Waals surface area contributed by atoms with Crippen molar-refractivity contribution in [3.05, 3.63) is 71.0 Å². The first-order chi connectivity index (χ1) is 12.4. The van der Waals surface area contributed by atoms with Gasteiger partial charge in [0.25, 0.3) is 5.91 Å². The molecule has 0 aromatic heterocycles. The lowest BCUT2D eigenvalue weighted by Gasteiger charge is -2.21. The third-order valence-corrected chi connectivity index (χ3v) is 4.10. The third kappa shape index (κ3) is 4.11. The minimum atomic E-state index is -0.935. The number of nitrogens with zero attached hydrogens (tertiary/aromatic N) is 2. The topological polar surface area (TPSA) is 74.5 Å². The van der Waals surface area contributed by atoms with Gasteiger partial charge < -0.3 is 10.1 Å². The van der Waals surface area contributed by atoms with Crippen LogP contribution in [0.15, 0.2) is 59.3 Å². The molecule has 5 nitrogen and oxygen atoms in total. The number of hydrogen-bond acceptors (Lipinski definition) is 4. The summed E-state index contributed by atoms with van der Waals surface area (Å²) in [7, 11) is 0. The van der Waals surface area contributed by atoms with Gasteiger partial charge in [0.05, 0.1) is 17.3 Å². The lowest BCUT2D eigenvalue weighted by atomic mass is 10.1. The maximum absolute atomic E-state index is 12.1. The van der Waals surface area contributed by atoms with E-state index in [4.69, 9.17) is 21.6 Å². The summed E-state index contributed by atoms with van der Waals surface area (Å²) in [5.41, 5.74) is 3.25. The Morgan fingerprint density at radius 2 is 1.81 bits per heavy atom. The Morgan fingerprint density at radius 3 is 2.42 bits per heavy atom. The maximum Gasteiger partial charge on any atom is 0.251 e. The quantitative estimate of drug-likeness (QED) is 0.838. The average molecular weight is 366 g/mol. The number of rotatable bonds is 3. The minimum Gasteiger partial charge on any atom is -0.459 e. The number of carbonyl (C=O) groups excluding carboxylic acids is 1. The number of nitrogens with one attached hydrogen (secondary N) is 1. The third-order valence-electron chi connectivity index (χ3n) is 3.69. The van der Waals surface area contributed by atoms with Crippen LogP contribution in [0, 0.1) is 25.2 Å². The van der Waals surface area contributed by atoms with Crippen LogP contribution in [0.1, 0.15) is 16.7 Å². The van der Waals surface area contributed by atoms with Gasteiger partial charge >= 0.3 is 0 Å². The van der Waals surface area contributed by atoms with Crippen LogP contribution >= 0.6 is 11.6 Å². The molecule has 6 heteroatoms. The molecule has 2 aromatic rings. The second-order valence-electron chi connectivity index (χ2n) is 5.98. The molecule has 1 aliphatic rings. The molecule has 0 radical (unpaired) electrons. The summed E-state index contributed by atoms with van der Waals surface area (Å²) in [5.74, 6) is 0.858. The zero-order valence-electron chi connectivity index (χ0n) is 14.3. The van der Waals surface area contributed by atoms with Crippen molar-refractivity contribution in [2.24, 2.45) is 4.99 Å². The largest absolute Gasteiger partial charge is 0.459 e. The van der Waals surface area contributed by atoms with Crippen molar-refractivity contribution in [2.45, 2.75) is 19.2 Å². The van der Waals surface area contributed by atoms with Gasteiger partial charge in [-0.15, -0.1) is 11.6 Å². The van der Waals surface area contributed by atoms with Crippen molar-refractivity contribution in [3.8, 4) is 11.8 Å². The summed E-state index contributed by atoms with van der Waals surface area (Å²) >= 11 is 6.17. The van der Waals surface area contributed by atoms with Gasteiger partial charge in [-0.2, -0.15) is 5.26 Å². The molecular formula is C20H16ClN3O2. The number of amidine groups is 1. The number of alkyl halides is 1. The number of aryl methyl sites for hydroxylation is 2. The SMILES string of the molecule is Cc1cc(C)cc(OC2=CC(=Nc3ccc(C#N)cc3)NC(=O)C2Cl)c1. The summed E-state index contributed by atoms with van der Waals surface area (Å²) in [6, 6.07) is 14.5. The van der Waals surface area contributed by atoms with Gasteiger partial charge in [0.1, 0.15) is 17.3 Å². The predicted molar refractivity (Wildman–Crippen MR) is 101 cm³/mol. The first kappa shape index (κ1) is 17.7. The van der Waals surface area contributed by atoms with E-state index in [0.717, 1.165) is 11.1 Å². The average Bonchev–Trinajstić information content (AvgIpc) is 2.59. The molecule has 3 rings (SSSR count). The van der Waals surface area contributed by atoms with Crippen LogP contribution in [-0.2, 0) is 4.79 Å². The van der Waals surface area contributed by atoms with Crippen molar-refractivity contribution in [2.75, 3.05) is 0 Å². The van der Waals surface area contributed by atoms with E-state index in [2.05, 4.69) is 10.3 Å². The van der Waals surface area contributed by atoms with Gasteiger partial charge in [0.15, 0.2) is 5.38 Å². The van der Waals surface area contributed by atoms with E-state index in [1.54, 1.807) is 30.3 Å². The summed E-state index contributed by atoms with van der Waals surface area (Å²) in [6.07, 6.45) is 1.61. The molecule has 1 heterocycles. The molecule has 0 fully saturated rings. The lowest BCUT2D eigenvalue weighted by Crippen LogP contribution is -2.42. The maximum atomic E-state index is 12.1. The van der Waals surface area contributed by atoms with Gasteiger partial charge in [-0.05, 0) is 61.4 Å². The van der Waals surface area contributed by atoms with Crippen LogP contribution in [0.25, 0.3) is 0 Å². The minimum absolute atomic E-state index is 0.313. The van der Waals surface area contributed by atoms with Gasteiger partial charge in [0.2, 0.25) is 0 Å². The van der Waals surface area contributed by atoms with E-state index in [-0.39, 0.29) is 0 Å². The number of hydrogen-bond donors (Lipinski definition) is 1. The highest BCUT2D eigenvalue weighted by atomic mass is 35.5. The highest BCUT2D eigenvalue weighted by Crippen LogP contribution is 2.24. The van der Waals surface area contributed by atoms with Crippen molar-refractivity contribution in [3.63, 3.8) is 0 Å². The van der Waals surface area contributed by atoms with Crippen LogP contribution in [0.5, 0.6) is 5.75 Å². The van der Waals surface area contributed by atoms with E-state index in [1.807, 2.05) is 38.1 Å². The molecule has 0 bridgehead atoms. The first-order valence-corrected chi connectivity index (χ1v) is 8.40. The molecule has 0 saturated heterocycles. The summed E-state index contributed by atoms with van der Waals surface area (Å²) < 4.78 is 5.85. The summed E-state index contributed by atoms with van der Waals surface area (Å²) in [5, 5.41) is 10.5. The zero-order chi connectivity index (χ0) is 18.7. The molecule has 1 amide bonds. The fourth-order valence-corrected chi connectivity index (χ4v) is 2.74. The van der Waals surface area contributed by atoms with Crippen molar-refractivity contribution >= 4 is 29.0 Å². The molecular weight excluding hydrogens is 350 g/mol. The summed E-state index contributed by atoms with van der Waals surface area (Å²) in [4.78, 5) is 16.5.